The molecule has 108 valence electrons. The van der Waals surface area contributed by atoms with E-state index < -0.39 is 0 Å². The standard InChI is InChI=1S/C20H22O/c1-15-2-6-17(7-3-15)19-10-12-20(13-11-19)18-8-4-16(14-21)5-9-18/h2-10,20-21H,11-14H2,1H3. The summed E-state index contributed by atoms with van der Waals surface area (Å²) in [7, 11) is 0. The lowest BCUT2D eigenvalue weighted by Gasteiger charge is -2.23. The van der Waals surface area contributed by atoms with Crippen molar-refractivity contribution in [2.45, 2.75) is 38.7 Å². The zero-order valence-corrected chi connectivity index (χ0v) is 12.5. The molecule has 3 rings (SSSR count). The molecule has 2 aromatic rings. The van der Waals surface area contributed by atoms with Gasteiger partial charge in [-0.05, 0) is 54.4 Å². The van der Waals surface area contributed by atoms with E-state index in [0.29, 0.717) is 5.92 Å². The van der Waals surface area contributed by atoms with Gasteiger partial charge in [-0.2, -0.15) is 0 Å². The Bertz CT molecular complexity index is 620. The van der Waals surface area contributed by atoms with Crippen molar-refractivity contribution in [2.24, 2.45) is 0 Å². The molecule has 1 nitrogen and oxygen atoms in total. The van der Waals surface area contributed by atoms with Gasteiger partial charge in [0.25, 0.3) is 0 Å². The van der Waals surface area contributed by atoms with Gasteiger partial charge < -0.3 is 5.11 Å². The summed E-state index contributed by atoms with van der Waals surface area (Å²) in [6.07, 6.45) is 5.87. The topological polar surface area (TPSA) is 20.2 Å². The minimum absolute atomic E-state index is 0.127. The van der Waals surface area contributed by atoms with Crippen LogP contribution < -0.4 is 0 Å². The quantitative estimate of drug-likeness (QED) is 0.852. The molecule has 1 atom stereocenters. The van der Waals surface area contributed by atoms with Gasteiger partial charge in [-0.3, -0.25) is 0 Å². The summed E-state index contributed by atoms with van der Waals surface area (Å²) >= 11 is 0. The van der Waals surface area contributed by atoms with Crippen LogP contribution in [0.15, 0.2) is 54.6 Å². The van der Waals surface area contributed by atoms with E-state index in [4.69, 9.17) is 5.11 Å². The minimum atomic E-state index is 0.127. The Labute approximate surface area is 127 Å². The van der Waals surface area contributed by atoms with Crippen LogP contribution in [0.5, 0.6) is 0 Å². The second kappa shape index (κ2) is 6.28. The van der Waals surface area contributed by atoms with Crippen LogP contribution in [0, 0.1) is 6.92 Å². The highest BCUT2D eigenvalue weighted by molar-refractivity contribution is 5.66. The zero-order valence-electron chi connectivity index (χ0n) is 12.5. The lowest BCUT2D eigenvalue weighted by atomic mass is 9.82. The van der Waals surface area contributed by atoms with Gasteiger partial charge in [-0.15, -0.1) is 0 Å². The molecule has 1 N–H and O–H groups in total. The fourth-order valence-corrected chi connectivity index (χ4v) is 3.06. The Morgan fingerprint density at radius 3 is 2.29 bits per heavy atom. The molecule has 21 heavy (non-hydrogen) atoms. The predicted molar refractivity (Wildman–Crippen MR) is 88.1 cm³/mol. The summed E-state index contributed by atoms with van der Waals surface area (Å²) in [6, 6.07) is 17.3. The minimum Gasteiger partial charge on any atom is -0.392 e. The van der Waals surface area contributed by atoms with Crippen LogP contribution in [-0.4, -0.2) is 5.11 Å². The van der Waals surface area contributed by atoms with Crippen LogP contribution in [0.25, 0.3) is 5.57 Å². The molecule has 0 saturated heterocycles. The van der Waals surface area contributed by atoms with Gasteiger partial charge in [0.05, 0.1) is 6.61 Å². The van der Waals surface area contributed by atoms with E-state index in [0.717, 1.165) is 18.4 Å². The molecule has 0 aromatic heterocycles. The van der Waals surface area contributed by atoms with Crippen molar-refractivity contribution in [1.82, 2.24) is 0 Å². The first-order chi connectivity index (χ1) is 10.3. The Hall–Kier alpha value is -1.86. The average Bonchev–Trinajstić information content (AvgIpc) is 2.56. The first kappa shape index (κ1) is 14.1. The molecule has 1 aliphatic carbocycles. The van der Waals surface area contributed by atoms with E-state index in [1.807, 2.05) is 12.1 Å². The molecule has 0 spiro atoms. The number of benzene rings is 2. The van der Waals surface area contributed by atoms with Gasteiger partial charge in [0, 0.05) is 0 Å². The van der Waals surface area contributed by atoms with E-state index in [1.54, 1.807) is 0 Å². The van der Waals surface area contributed by atoms with Crippen molar-refractivity contribution in [1.29, 1.82) is 0 Å². The Morgan fingerprint density at radius 1 is 1.00 bits per heavy atom. The molecular weight excluding hydrogens is 256 g/mol. The third kappa shape index (κ3) is 3.25. The lowest BCUT2D eigenvalue weighted by molar-refractivity contribution is 0.282. The highest BCUT2D eigenvalue weighted by atomic mass is 16.3. The van der Waals surface area contributed by atoms with Crippen LogP contribution in [0.1, 0.15) is 47.4 Å². The first-order valence-corrected chi connectivity index (χ1v) is 7.72. The second-order valence-corrected chi connectivity index (χ2v) is 5.97. The molecule has 1 heteroatoms. The fourth-order valence-electron chi connectivity index (χ4n) is 3.06. The van der Waals surface area contributed by atoms with Crippen molar-refractivity contribution in [3.05, 3.63) is 76.9 Å². The van der Waals surface area contributed by atoms with Crippen molar-refractivity contribution in [3.8, 4) is 0 Å². The van der Waals surface area contributed by atoms with Gasteiger partial charge in [-0.25, -0.2) is 0 Å². The van der Waals surface area contributed by atoms with Gasteiger partial charge >= 0.3 is 0 Å². The highest BCUT2D eigenvalue weighted by Crippen LogP contribution is 2.36. The van der Waals surface area contributed by atoms with Crippen molar-refractivity contribution in [2.75, 3.05) is 0 Å². The first-order valence-electron chi connectivity index (χ1n) is 7.72. The van der Waals surface area contributed by atoms with Gasteiger partial charge in [-0.1, -0.05) is 60.2 Å². The summed E-state index contributed by atoms with van der Waals surface area (Å²) in [4.78, 5) is 0. The SMILES string of the molecule is Cc1ccc(C2=CCC(c3ccc(CO)cc3)CC2)cc1. The molecule has 0 bridgehead atoms. The lowest BCUT2D eigenvalue weighted by Crippen LogP contribution is -2.04. The van der Waals surface area contributed by atoms with Crippen LogP contribution in [-0.2, 0) is 6.61 Å². The van der Waals surface area contributed by atoms with Gasteiger partial charge in [0.1, 0.15) is 0 Å². The van der Waals surface area contributed by atoms with Crippen LogP contribution in [0.2, 0.25) is 0 Å². The van der Waals surface area contributed by atoms with E-state index in [1.165, 1.54) is 28.7 Å². The van der Waals surface area contributed by atoms with Gasteiger partial charge in [0.15, 0.2) is 0 Å². The van der Waals surface area contributed by atoms with E-state index >= 15 is 0 Å². The predicted octanol–water partition coefficient (Wildman–Crippen LogP) is 4.84. The Morgan fingerprint density at radius 2 is 1.71 bits per heavy atom. The van der Waals surface area contributed by atoms with Crippen molar-refractivity contribution < 1.29 is 5.11 Å². The number of hydrogen-bond acceptors (Lipinski definition) is 1. The number of allylic oxidation sites excluding steroid dienone is 2. The molecule has 0 heterocycles. The summed E-state index contributed by atoms with van der Waals surface area (Å²) in [6.45, 7) is 2.26. The maximum absolute atomic E-state index is 9.11. The number of aryl methyl sites for hydroxylation is 1. The molecule has 1 aliphatic rings. The van der Waals surface area contributed by atoms with E-state index in [-0.39, 0.29) is 6.61 Å². The Balaban J connectivity index is 1.72. The number of aliphatic hydroxyl groups excluding tert-OH is 1. The average molecular weight is 278 g/mol. The maximum Gasteiger partial charge on any atom is 0.0681 e. The monoisotopic (exact) mass is 278 g/mol. The third-order valence-corrected chi connectivity index (χ3v) is 4.47. The molecule has 0 saturated carbocycles. The van der Waals surface area contributed by atoms with Crippen molar-refractivity contribution >= 4 is 5.57 Å². The van der Waals surface area contributed by atoms with Crippen LogP contribution in [0.3, 0.4) is 0 Å². The zero-order chi connectivity index (χ0) is 14.7. The molecule has 2 aromatic carbocycles. The second-order valence-electron chi connectivity index (χ2n) is 5.97. The fraction of sp³-hybridized carbons (Fsp3) is 0.300. The van der Waals surface area contributed by atoms with E-state index in [2.05, 4.69) is 49.4 Å². The number of hydrogen-bond donors (Lipinski definition) is 1. The normalized spacial score (nSPS) is 18.4. The summed E-state index contributed by atoms with van der Waals surface area (Å²) < 4.78 is 0. The molecule has 0 radical (unpaired) electrons. The molecule has 0 aliphatic heterocycles. The third-order valence-electron chi connectivity index (χ3n) is 4.47. The Kier molecular flexibility index (Phi) is 4.21. The van der Waals surface area contributed by atoms with Crippen LogP contribution >= 0.6 is 0 Å². The largest absolute Gasteiger partial charge is 0.392 e. The summed E-state index contributed by atoms with van der Waals surface area (Å²) in [5.74, 6) is 0.618. The molecular formula is C20H22O. The number of rotatable bonds is 3. The van der Waals surface area contributed by atoms with Crippen LogP contribution in [0.4, 0.5) is 0 Å². The number of aliphatic hydroxyl groups is 1. The molecule has 1 unspecified atom stereocenters. The van der Waals surface area contributed by atoms with Gasteiger partial charge in [0.2, 0.25) is 0 Å². The molecule has 0 amide bonds. The van der Waals surface area contributed by atoms with E-state index in [9.17, 15) is 0 Å². The maximum atomic E-state index is 9.11. The molecule has 0 fully saturated rings. The summed E-state index contributed by atoms with van der Waals surface area (Å²) in [5, 5.41) is 9.11. The highest BCUT2D eigenvalue weighted by Gasteiger charge is 2.17. The summed E-state index contributed by atoms with van der Waals surface area (Å²) in [5.41, 5.74) is 6.56. The smallest absolute Gasteiger partial charge is 0.0681 e. The van der Waals surface area contributed by atoms with Crippen molar-refractivity contribution in [3.63, 3.8) is 0 Å².